The van der Waals surface area contributed by atoms with Crippen LogP contribution in [0.2, 0.25) is 0 Å². The Balaban J connectivity index is 1.72. The molecule has 0 saturated carbocycles. The molecule has 1 heterocycles. The molecule has 1 aliphatic heterocycles. The van der Waals surface area contributed by atoms with Crippen LogP contribution in [-0.4, -0.2) is 61.3 Å². The number of hydroxylamine groups is 2. The van der Waals surface area contributed by atoms with Gasteiger partial charge in [0.2, 0.25) is 6.41 Å². The second-order valence-corrected chi connectivity index (χ2v) is 10.3. The van der Waals surface area contributed by atoms with Gasteiger partial charge in [-0.05, 0) is 69.3 Å². The van der Waals surface area contributed by atoms with Crippen LogP contribution < -0.4 is 9.47 Å². The number of nitrogens with zero attached hydrogens (tertiary/aromatic N) is 1. The van der Waals surface area contributed by atoms with Gasteiger partial charge in [0.1, 0.15) is 29.4 Å². The van der Waals surface area contributed by atoms with Crippen molar-refractivity contribution in [2.45, 2.75) is 56.1 Å². The monoisotopic (exact) mass is 519 g/mol. The molecule has 3 atom stereocenters. The largest absolute Gasteiger partial charge is 0.573 e. The zero-order valence-electron chi connectivity index (χ0n) is 18.9. The Kier molecular flexibility index (Phi) is 7.65. The minimum atomic E-state index is -4.81. The first-order valence-corrected chi connectivity index (χ1v) is 12.0. The lowest BCUT2D eigenvalue weighted by atomic mass is 10.1. The fourth-order valence-corrected chi connectivity index (χ4v) is 5.17. The van der Waals surface area contributed by atoms with Crippen LogP contribution in [-0.2, 0) is 24.1 Å². The summed E-state index contributed by atoms with van der Waals surface area (Å²) < 4.78 is 83.4. The Bertz CT molecular complexity index is 1120. The first-order chi connectivity index (χ1) is 16.2. The second kappa shape index (κ2) is 10.0. The molecule has 0 aliphatic carbocycles. The zero-order valence-corrected chi connectivity index (χ0v) is 19.7. The normalized spacial score (nSPS) is 20.8. The van der Waals surface area contributed by atoms with Crippen molar-refractivity contribution in [3.8, 4) is 17.2 Å². The van der Waals surface area contributed by atoms with Crippen molar-refractivity contribution in [3.05, 3.63) is 48.5 Å². The SMILES string of the molecule is C[C@@H]1OC(C)(C)OC1[C@@H](CS(=O)(=O)c1ccc(Oc2ccc(OC(F)(F)F)cc2)cc1)N(O)C=O. The van der Waals surface area contributed by atoms with Gasteiger partial charge in [-0.2, -0.15) is 0 Å². The van der Waals surface area contributed by atoms with E-state index in [9.17, 15) is 31.6 Å². The number of rotatable bonds is 9. The summed E-state index contributed by atoms with van der Waals surface area (Å²) in [6.07, 6.45) is -6.21. The predicted molar refractivity (Wildman–Crippen MR) is 115 cm³/mol. The Labute approximate surface area is 199 Å². The topological polar surface area (TPSA) is 112 Å². The highest BCUT2D eigenvalue weighted by Crippen LogP contribution is 2.32. The number of amides is 1. The third kappa shape index (κ3) is 7.07. The van der Waals surface area contributed by atoms with Gasteiger partial charge in [-0.1, -0.05) is 0 Å². The summed E-state index contributed by atoms with van der Waals surface area (Å²) in [7, 11) is -4.00. The fraction of sp³-hybridized carbons (Fsp3) is 0.409. The fourth-order valence-electron chi connectivity index (χ4n) is 3.64. The van der Waals surface area contributed by atoms with Crippen LogP contribution in [0, 0.1) is 0 Å². The number of ether oxygens (including phenoxy) is 4. The molecule has 1 saturated heterocycles. The second-order valence-electron chi connectivity index (χ2n) is 8.23. The van der Waals surface area contributed by atoms with Gasteiger partial charge in [0.15, 0.2) is 15.6 Å². The van der Waals surface area contributed by atoms with E-state index in [1.165, 1.54) is 36.4 Å². The zero-order chi connectivity index (χ0) is 26.0. The predicted octanol–water partition coefficient (Wildman–Crippen LogP) is 3.91. The molecule has 2 aromatic carbocycles. The lowest BCUT2D eigenvalue weighted by Crippen LogP contribution is -2.49. The van der Waals surface area contributed by atoms with E-state index in [-0.39, 0.29) is 27.9 Å². The van der Waals surface area contributed by atoms with Crippen molar-refractivity contribution in [1.29, 1.82) is 0 Å². The van der Waals surface area contributed by atoms with E-state index in [1.807, 2.05) is 0 Å². The molecule has 0 aromatic heterocycles. The molecule has 13 heteroatoms. The lowest BCUT2D eigenvalue weighted by molar-refractivity contribution is -0.274. The van der Waals surface area contributed by atoms with Gasteiger partial charge < -0.3 is 18.9 Å². The third-order valence-corrected chi connectivity index (χ3v) is 6.82. The smallest absolute Gasteiger partial charge is 0.457 e. The molecule has 1 fully saturated rings. The van der Waals surface area contributed by atoms with Gasteiger partial charge in [0.05, 0.1) is 16.8 Å². The number of sulfone groups is 1. The molecule has 1 unspecified atom stereocenters. The van der Waals surface area contributed by atoms with Crippen molar-refractivity contribution in [1.82, 2.24) is 5.06 Å². The van der Waals surface area contributed by atoms with E-state index >= 15 is 0 Å². The maximum absolute atomic E-state index is 13.0. The first-order valence-electron chi connectivity index (χ1n) is 10.3. The Morgan fingerprint density at radius 3 is 2.03 bits per heavy atom. The molecule has 192 valence electrons. The van der Waals surface area contributed by atoms with Gasteiger partial charge in [0.25, 0.3) is 0 Å². The van der Waals surface area contributed by atoms with Gasteiger partial charge in [-0.3, -0.25) is 10.0 Å². The quantitative estimate of drug-likeness (QED) is 0.302. The molecule has 0 radical (unpaired) electrons. The summed E-state index contributed by atoms with van der Waals surface area (Å²) in [6, 6.07) is 8.70. The lowest BCUT2D eigenvalue weighted by Gasteiger charge is -2.29. The minimum absolute atomic E-state index is 0.101. The molecule has 9 nitrogen and oxygen atoms in total. The number of halogens is 3. The highest BCUT2D eigenvalue weighted by atomic mass is 32.2. The Morgan fingerprint density at radius 2 is 1.57 bits per heavy atom. The molecule has 35 heavy (non-hydrogen) atoms. The maximum Gasteiger partial charge on any atom is 0.573 e. The van der Waals surface area contributed by atoms with E-state index in [2.05, 4.69) is 4.74 Å². The molecule has 0 spiro atoms. The highest BCUT2D eigenvalue weighted by molar-refractivity contribution is 7.91. The summed E-state index contributed by atoms with van der Waals surface area (Å²) in [5.41, 5.74) is 0. The summed E-state index contributed by atoms with van der Waals surface area (Å²) in [4.78, 5) is 11.1. The van der Waals surface area contributed by atoms with Crippen LogP contribution in [0.5, 0.6) is 17.2 Å². The van der Waals surface area contributed by atoms with Gasteiger partial charge in [-0.15, -0.1) is 13.2 Å². The Hall–Kier alpha value is -2.87. The van der Waals surface area contributed by atoms with Crippen LogP contribution in [0.3, 0.4) is 0 Å². The molecular formula is C22H24F3NO8S. The number of carbonyl (C=O) groups excluding carboxylic acids is 1. The van der Waals surface area contributed by atoms with E-state index in [0.717, 1.165) is 12.1 Å². The highest BCUT2D eigenvalue weighted by Gasteiger charge is 2.46. The van der Waals surface area contributed by atoms with E-state index < -0.39 is 51.7 Å². The molecular weight excluding hydrogens is 495 g/mol. The van der Waals surface area contributed by atoms with Crippen molar-refractivity contribution < 1.29 is 50.5 Å². The number of benzene rings is 2. The van der Waals surface area contributed by atoms with Crippen molar-refractivity contribution >= 4 is 16.2 Å². The molecule has 1 aliphatic rings. The van der Waals surface area contributed by atoms with E-state index in [4.69, 9.17) is 14.2 Å². The molecule has 3 rings (SSSR count). The summed E-state index contributed by atoms with van der Waals surface area (Å²) >= 11 is 0. The van der Waals surface area contributed by atoms with Crippen molar-refractivity contribution in [3.63, 3.8) is 0 Å². The van der Waals surface area contributed by atoms with Crippen molar-refractivity contribution in [2.75, 3.05) is 5.75 Å². The van der Waals surface area contributed by atoms with Crippen molar-refractivity contribution in [2.24, 2.45) is 0 Å². The molecule has 1 amide bonds. The first kappa shape index (κ1) is 26.7. The van der Waals surface area contributed by atoms with Crippen LogP contribution in [0.25, 0.3) is 0 Å². The minimum Gasteiger partial charge on any atom is -0.457 e. The number of hydrogen-bond donors (Lipinski definition) is 1. The van der Waals surface area contributed by atoms with Crippen LogP contribution in [0.1, 0.15) is 20.8 Å². The maximum atomic E-state index is 13.0. The van der Waals surface area contributed by atoms with Gasteiger partial charge in [-0.25, -0.2) is 13.5 Å². The molecule has 1 N–H and O–H groups in total. The molecule has 2 aromatic rings. The summed E-state index contributed by atoms with van der Waals surface area (Å²) in [6.45, 7) is 4.91. The average Bonchev–Trinajstić information content (AvgIpc) is 3.04. The summed E-state index contributed by atoms with van der Waals surface area (Å²) in [5.74, 6) is -1.65. The van der Waals surface area contributed by atoms with Gasteiger partial charge in [0, 0.05) is 0 Å². The third-order valence-electron chi connectivity index (χ3n) is 5.05. The van der Waals surface area contributed by atoms with E-state index in [1.54, 1.807) is 20.8 Å². The standard InChI is InChI=1S/C22H24F3NO8S/c1-14-20(34-21(2,3)32-14)19(26(28)13-27)12-35(29,30)18-10-8-16(9-11-18)31-15-4-6-17(7-5-15)33-22(23,24)25/h4-11,13-14,19-20,28H,12H2,1-3H3/t14-,19+,20?/m0/s1. The number of hydrogen-bond acceptors (Lipinski definition) is 8. The van der Waals surface area contributed by atoms with Gasteiger partial charge >= 0.3 is 6.36 Å². The van der Waals surface area contributed by atoms with Crippen LogP contribution in [0.15, 0.2) is 53.4 Å². The number of carbonyl (C=O) groups is 1. The molecule has 0 bridgehead atoms. The Morgan fingerprint density at radius 1 is 1.06 bits per heavy atom. The van der Waals surface area contributed by atoms with E-state index in [0.29, 0.717) is 0 Å². The average molecular weight is 519 g/mol. The van der Waals surface area contributed by atoms with Crippen LogP contribution in [0.4, 0.5) is 13.2 Å². The van der Waals surface area contributed by atoms with Crippen LogP contribution >= 0.6 is 0 Å². The summed E-state index contributed by atoms with van der Waals surface area (Å²) in [5, 5.41) is 10.3. The number of alkyl halides is 3.